The van der Waals surface area contributed by atoms with E-state index in [1.165, 1.54) is 0 Å². The van der Waals surface area contributed by atoms with Crippen molar-refractivity contribution in [1.29, 1.82) is 0 Å². The first-order valence-corrected chi connectivity index (χ1v) is 1.70. The molecule has 0 rings (SSSR count). The average molecular weight is 116 g/mol. The first-order valence-electron chi connectivity index (χ1n) is 0.565. The Kier molecular flexibility index (Phi) is 24.8. The zero-order valence-electron chi connectivity index (χ0n) is 2.71. The molecule has 0 aromatic carbocycles. The van der Waals surface area contributed by atoms with Crippen LogP contribution in [0, 0.1) is 0 Å². The summed E-state index contributed by atoms with van der Waals surface area (Å²) >= 11 is 0. The first-order chi connectivity index (χ1) is 1.73. The van der Waals surface area contributed by atoms with E-state index in [-0.39, 0.29) is 11.0 Å². The summed E-state index contributed by atoms with van der Waals surface area (Å²) in [7, 11) is -3.12. The van der Waals surface area contributed by atoms with Crippen molar-refractivity contribution in [3.63, 3.8) is 0 Å². The highest BCUT2D eigenvalue weighted by molar-refractivity contribution is 7.29. The molecule has 6 heavy (non-hydrogen) atoms. The number of hydrogen-bond acceptors (Lipinski definition) is 2. The first kappa shape index (κ1) is 16.8. The van der Waals surface area contributed by atoms with Gasteiger partial charge in [0.1, 0.15) is 0 Å². The van der Waals surface area contributed by atoms with Gasteiger partial charge >= 0.3 is 8.25 Å². The van der Waals surface area contributed by atoms with Crippen molar-refractivity contribution >= 4 is 8.25 Å². The quantitative estimate of drug-likeness (QED) is 0.347. The zero-order valence-corrected chi connectivity index (χ0v) is 3.61. The standard InChI is InChI=1S/HO3P.2H2O/c1-4(2)3;;/h(H,1,2,3);2*1H2. The molecule has 0 bridgehead atoms. The second-order valence-corrected chi connectivity index (χ2v) is 0.714. The Morgan fingerprint density at radius 3 is 1.50 bits per heavy atom. The van der Waals surface area contributed by atoms with Crippen LogP contribution in [0.1, 0.15) is 0 Å². The van der Waals surface area contributed by atoms with Gasteiger partial charge in [0.15, 0.2) is 0 Å². The molecule has 0 radical (unpaired) electrons. The monoisotopic (exact) mass is 116 g/mol. The van der Waals surface area contributed by atoms with E-state index in [0.717, 1.165) is 0 Å². The van der Waals surface area contributed by atoms with Crippen LogP contribution in [-0.2, 0) is 4.57 Å². The lowest BCUT2D eigenvalue weighted by atomic mass is 15.8. The molecule has 5 N–H and O–H groups in total. The highest BCUT2D eigenvalue weighted by Gasteiger charge is 1.73. The number of rotatable bonds is 0. The van der Waals surface area contributed by atoms with Gasteiger partial charge < -0.3 is 15.8 Å². The molecule has 0 spiro atoms. The van der Waals surface area contributed by atoms with Crippen molar-refractivity contribution in [3.8, 4) is 0 Å². The summed E-state index contributed by atoms with van der Waals surface area (Å²) in [6.07, 6.45) is 0. The van der Waals surface area contributed by atoms with Gasteiger partial charge in [-0.2, -0.15) is 4.89 Å². The summed E-state index contributed by atoms with van der Waals surface area (Å²) in [5.41, 5.74) is 0. The maximum atomic E-state index is 8.59. The van der Waals surface area contributed by atoms with Crippen LogP contribution >= 0.6 is 8.25 Å². The third-order valence-electron chi connectivity index (χ3n) is 0. The highest BCUT2D eigenvalue weighted by Crippen LogP contribution is 1.89. The molecule has 0 aromatic heterocycles. The normalized spacial score (nSPS) is 7.33. The second kappa shape index (κ2) is 8.87. The zero-order chi connectivity index (χ0) is 3.58. The van der Waals surface area contributed by atoms with E-state index < -0.39 is 8.25 Å². The van der Waals surface area contributed by atoms with Crippen molar-refractivity contribution in [2.75, 3.05) is 0 Å². The van der Waals surface area contributed by atoms with E-state index in [9.17, 15) is 0 Å². The van der Waals surface area contributed by atoms with Crippen molar-refractivity contribution in [2.45, 2.75) is 0 Å². The van der Waals surface area contributed by atoms with E-state index in [1.807, 2.05) is 0 Å². The molecule has 0 aromatic rings. The van der Waals surface area contributed by atoms with Crippen molar-refractivity contribution in [2.24, 2.45) is 0 Å². The van der Waals surface area contributed by atoms with Crippen LogP contribution in [0.4, 0.5) is 0 Å². The van der Waals surface area contributed by atoms with E-state index in [1.54, 1.807) is 0 Å². The van der Waals surface area contributed by atoms with Crippen LogP contribution in [0.15, 0.2) is 0 Å². The van der Waals surface area contributed by atoms with E-state index >= 15 is 0 Å². The number of hydrogen-bond donors (Lipinski definition) is 1. The van der Waals surface area contributed by atoms with Crippen LogP contribution in [0.25, 0.3) is 0 Å². The minimum Gasteiger partial charge on any atom is -0.567 e. The molecule has 1 unspecified atom stereocenters. The molecule has 6 heteroatoms. The van der Waals surface area contributed by atoms with Crippen molar-refractivity contribution < 1.29 is 25.3 Å². The summed E-state index contributed by atoms with van der Waals surface area (Å²) in [5, 5.41) is 0. The lowest BCUT2D eigenvalue weighted by Gasteiger charge is -1.56. The highest BCUT2D eigenvalue weighted by atomic mass is 31.1. The smallest absolute Gasteiger partial charge is 0.485 e. The van der Waals surface area contributed by atoms with E-state index in [0.29, 0.717) is 0 Å². The minimum absolute atomic E-state index is 0. The van der Waals surface area contributed by atoms with Gasteiger partial charge in [0.2, 0.25) is 0 Å². The SMILES string of the molecule is O.O.O=[P+]([O-])O. The van der Waals surface area contributed by atoms with Crippen LogP contribution in [0.3, 0.4) is 0 Å². The average Bonchev–Trinajstić information content (AvgIpc) is 0.811. The van der Waals surface area contributed by atoms with Crippen LogP contribution in [0.5, 0.6) is 0 Å². The van der Waals surface area contributed by atoms with E-state index in [4.69, 9.17) is 14.4 Å². The molecule has 0 aliphatic rings. The molecule has 0 saturated heterocycles. The van der Waals surface area contributed by atoms with Gasteiger partial charge in [-0.25, -0.2) is 0 Å². The van der Waals surface area contributed by atoms with Crippen molar-refractivity contribution in [3.05, 3.63) is 0 Å². The maximum absolute atomic E-state index is 8.59. The van der Waals surface area contributed by atoms with E-state index in [2.05, 4.69) is 0 Å². The predicted octanol–water partition coefficient (Wildman–Crippen LogP) is -2.65. The largest absolute Gasteiger partial charge is 0.567 e. The molecule has 40 valence electrons. The fraction of sp³-hybridized carbons (Fsp3) is 0. The summed E-state index contributed by atoms with van der Waals surface area (Å²) in [4.78, 5) is 15.6. The van der Waals surface area contributed by atoms with Gasteiger partial charge in [0, 0.05) is 0 Å². The Bertz CT molecular complexity index is 26.9. The van der Waals surface area contributed by atoms with Gasteiger partial charge in [0.25, 0.3) is 0 Å². The molecular weight excluding hydrogens is 111 g/mol. The Balaban J connectivity index is -0.0000000450. The molecule has 0 heterocycles. The van der Waals surface area contributed by atoms with Gasteiger partial charge in [0.05, 0.1) is 0 Å². The summed E-state index contributed by atoms with van der Waals surface area (Å²) < 4.78 is 8.59. The maximum Gasteiger partial charge on any atom is 0.485 e. The Hall–Kier alpha value is -0.0600. The van der Waals surface area contributed by atoms with Gasteiger partial charge in [-0.15, -0.1) is 0 Å². The second-order valence-electron chi connectivity index (χ2n) is 0.238. The molecular formula is H5O5P. The Labute approximate surface area is 34.8 Å². The molecule has 0 amide bonds. The summed E-state index contributed by atoms with van der Waals surface area (Å²) in [5.74, 6) is 0. The van der Waals surface area contributed by atoms with Crippen LogP contribution in [-0.4, -0.2) is 15.8 Å². The van der Waals surface area contributed by atoms with Gasteiger partial charge in [-0.3, -0.25) is 0 Å². The lowest BCUT2D eigenvalue weighted by Crippen LogP contribution is -1.78. The van der Waals surface area contributed by atoms with Gasteiger partial charge in [-0.1, -0.05) is 0 Å². The third-order valence-corrected chi connectivity index (χ3v) is 0. The van der Waals surface area contributed by atoms with Crippen LogP contribution < -0.4 is 4.89 Å². The molecule has 1 atom stereocenters. The predicted molar refractivity (Wildman–Crippen MR) is 17.1 cm³/mol. The Morgan fingerprint density at radius 2 is 1.50 bits per heavy atom. The lowest BCUT2D eigenvalue weighted by molar-refractivity contribution is -0.180. The summed E-state index contributed by atoms with van der Waals surface area (Å²) in [6.45, 7) is 0. The molecule has 0 saturated carbocycles. The molecule has 0 fully saturated rings. The fourth-order valence-electron chi connectivity index (χ4n) is 0. The summed E-state index contributed by atoms with van der Waals surface area (Å²) in [6, 6.07) is 0. The molecule has 0 aliphatic carbocycles. The third kappa shape index (κ3) is 9460. The van der Waals surface area contributed by atoms with Crippen LogP contribution in [0.2, 0.25) is 0 Å². The Morgan fingerprint density at radius 1 is 1.50 bits per heavy atom. The van der Waals surface area contributed by atoms with Gasteiger partial charge in [-0.05, 0) is 4.57 Å². The van der Waals surface area contributed by atoms with Crippen molar-refractivity contribution in [1.82, 2.24) is 0 Å². The minimum atomic E-state index is -3.12. The molecule has 5 nitrogen and oxygen atoms in total. The fourth-order valence-corrected chi connectivity index (χ4v) is 0. The molecule has 0 aliphatic heterocycles. The topological polar surface area (TPSA) is 123 Å².